The molecule has 2 aliphatic heterocycles. The maximum Gasteiger partial charge on any atom is 0.290 e. The monoisotopic (exact) mass is 655 g/mol. The third-order valence-electron chi connectivity index (χ3n) is 8.02. The number of carbonyl (C=O) groups is 1. The van der Waals surface area contributed by atoms with Gasteiger partial charge in [-0.05, 0) is 44.2 Å². The van der Waals surface area contributed by atoms with Crippen molar-refractivity contribution in [3.05, 3.63) is 107 Å². The number of aryl methyl sites for hydroxylation is 2. The third kappa shape index (κ3) is 6.27. The Morgan fingerprint density at radius 3 is 2.66 bits per heavy atom. The lowest BCUT2D eigenvalue weighted by molar-refractivity contribution is -0.302. The number of halogens is 1. The number of rotatable bonds is 5. The molecule has 14 heteroatoms. The van der Waals surface area contributed by atoms with Crippen LogP contribution in [0.5, 0.6) is 0 Å². The zero-order chi connectivity index (χ0) is 32.5. The van der Waals surface area contributed by atoms with Gasteiger partial charge in [0.1, 0.15) is 35.6 Å². The van der Waals surface area contributed by atoms with Crippen LogP contribution in [0.2, 0.25) is 0 Å². The largest absolute Gasteiger partial charge is 0.483 e. The van der Waals surface area contributed by atoms with Crippen molar-refractivity contribution in [2.24, 2.45) is 0 Å². The minimum atomic E-state index is -0.549. The molecule has 8 rings (SSSR count). The fourth-order valence-corrected chi connectivity index (χ4v) is 6.90. The van der Waals surface area contributed by atoms with Crippen LogP contribution < -0.4 is 0 Å². The number of ether oxygens (including phenoxy) is 3. The van der Waals surface area contributed by atoms with Gasteiger partial charge >= 0.3 is 0 Å². The molecule has 0 spiro atoms. The summed E-state index contributed by atoms with van der Waals surface area (Å²) in [7, 11) is 0. The summed E-state index contributed by atoms with van der Waals surface area (Å²) in [6.45, 7) is 3.95. The highest BCUT2D eigenvalue weighted by molar-refractivity contribution is 7.18. The molecule has 0 saturated carbocycles. The van der Waals surface area contributed by atoms with Crippen molar-refractivity contribution in [1.82, 2.24) is 34.7 Å². The van der Waals surface area contributed by atoms with Gasteiger partial charge in [-0.2, -0.15) is 5.10 Å². The molecular weight excluding hydrogens is 625 g/mol. The van der Waals surface area contributed by atoms with E-state index in [1.165, 1.54) is 12.1 Å². The van der Waals surface area contributed by atoms with E-state index < -0.39 is 18.5 Å². The topological polar surface area (TPSA) is 139 Å². The molecule has 6 aromatic rings. The van der Waals surface area contributed by atoms with Crippen LogP contribution >= 0.6 is 11.3 Å². The first-order valence-corrected chi connectivity index (χ1v) is 15.8. The molecule has 3 aromatic carbocycles. The van der Waals surface area contributed by atoms with Gasteiger partial charge in [-0.15, -0.1) is 16.4 Å². The molecule has 0 radical (unpaired) electrons. The number of fused-ring (bicyclic) bond motifs is 2. The van der Waals surface area contributed by atoms with Gasteiger partial charge in [0.2, 0.25) is 0 Å². The van der Waals surface area contributed by atoms with Crippen molar-refractivity contribution in [2.75, 3.05) is 6.61 Å². The van der Waals surface area contributed by atoms with Crippen molar-refractivity contribution in [1.29, 1.82) is 0 Å². The van der Waals surface area contributed by atoms with Crippen LogP contribution in [-0.4, -0.2) is 65.1 Å². The Morgan fingerprint density at radius 1 is 1.02 bits per heavy atom. The van der Waals surface area contributed by atoms with E-state index in [0.29, 0.717) is 35.9 Å². The summed E-state index contributed by atoms with van der Waals surface area (Å²) < 4.78 is 38.2. The maximum absolute atomic E-state index is 14.0. The molecule has 2 fully saturated rings. The lowest BCUT2D eigenvalue weighted by atomic mass is 9.93. The van der Waals surface area contributed by atoms with Gasteiger partial charge in [-0.25, -0.2) is 23.7 Å². The lowest BCUT2D eigenvalue weighted by Crippen LogP contribution is -2.51. The van der Waals surface area contributed by atoms with Gasteiger partial charge in [-0.3, -0.25) is 4.79 Å². The summed E-state index contributed by atoms with van der Waals surface area (Å²) in [6, 6.07) is 22.0. The van der Waals surface area contributed by atoms with Crippen LogP contribution in [0.3, 0.4) is 0 Å². The summed E-state index contributed by atoms with van der Waals surface area (Å²) in [5.74, 6) is 0.988. The number of benzene rings is 3. The van der Waals surface area contributed by atoms with E-state index in [4.69, 9.17) is 34.2 Å². The number of thiazole rings is 1. The number of nitrogens with zero attached hydrogens (tertiary/aromatic N) is 7. The van der Waals surface area contributed by atoms with Crippen molar-refractivity contribution in [2.45, 2.75) is 50.9 Å². The fraction of sp³-hybridized carbons (Fsp3) is 0.273. The fourth-order valence-electron chi connectivity index (χ4n) is 6.04. The minimum Gasteiger partial charge on any atom is -0.483 e. The van der Waals surface area contributed by atoms with Crippen LogP contribution in [0, 0.1) is 19.7 Å². The molecule has 240 valence electrons. The molecule has 5 heterocycles. The smallest absolute Gasteiger partial charge is 0.290 e. The van der Waals surface area contributed by atoms with Crippen molar-refractivity contribution >= 4 is 28.0 Å². The number of carboxylic acid groups (broad SMARTS) is 1. The van der Waals surface area contributed by atoms with Crippen molar-refractivity contribution in [3.63, 3.8) is 0 Å². The highest BCUT2D eigenvalue weighted by atomic mass is 32.1. The van der Waals surface area contributed by atoms with Gasteiger partial charge in [0.25, 0.3) is 6.47 Å². The van der Waals surface area contributed by atoms with Crippen LogP contribution in [0.15, 0.2) is 79.0 Å². The Kier molecular flexibility index (Phi) is 8.56. The molecule has 47 heavy (non-hydrogen) atoms. The standard InChI is InChI=1S/C32H28FN7O3S.CH2O2/c1-18-34-31(40(37-18)23-11-12-24-29(14-23)44-19(2)35-24)27-15-26(39-16-25(36-38-39)21-9-6-10-22(33)13-21)30-28(42-27)17-41-32(43-30)20-7-4-3-5-8-20;2-1-3/h3-14,16,26-28,30,32H,15,17H2,1-2H3;1H,(H,2,3). The lowest BCUT2D eigenvalue weighted by Gasteiger charge is -2.45. The number of hydrogen-bond acceptors (Lipinski definition) is 10. The van der Waals surface area contributed by atoms with Crippen molar-refractivity contribution in [3.8, 4) is 16.9 Å². The summed E-state index contributed by atoms with van der Waals surface area (Å²) >= 11 is 1.64. The molecule has 0 aliphatic carbocycles. The molecule has 1 N–H and O–H groups in total. The van der Waals surface area contributed by atoms with Crippen LogP contribution in [0.1, 0.15) is 47.1 Å². The van der Waals surface area contributed by atoms with E-state index in [0.717, 1.165) is 26.5 Å². The van der Waals surface area contributed by atoms with Crippen LogP contribution in [0.4, 0.5) is 4.39 Å². The molecule has 5 unspecified atom stereocenters. The number of aromatic nitrogens is 7. The predicted octanol–water partition coefficient (Wildman–Crippen LogP) is 5.78. The minimum absolute atomic E-state index is 0.250. The van der Waals surface area contributed by atoms with E-state index >= 15 is 0 Å². The van der Waals surface area contributed by atoms with E-state index in [1.807, 2.05) is 73.3 Å². The SMILES string of the molecule is Cc1nc(C2CC(n3cc(-c4cccc(F)c4)nn3)C3OC(c4ccccc4)OCC3O2)n(-c2ccc3nc(C)sc3c2)n1.O=CO. The summed E-state index contributed by atoms with van der Waals surface area (Å²) in [4.78, 5) is 17.8. The summed E-state index contributed by atoms with van der Waals surface area (Å²) in [6.07, 6.45) is 0.550. The third-order valence-corrected chi connectivity index (χ3v) is 8.96. The van der Waals surface area contributed by atoms with E-state index in [2.05, 4.69) is 21.4 Å². The predicted molar refractivity (Wildman–Crippen MR) is 169 cm³/mol. The van der Waals surface area contributed by atoms with E-state index in [1.54, 1.807) is 22.1 Å². The van der Waals surface area contributed by atoms with Crippen LogP contribution in [0.25, 0.3) is 27.2 Å². The Hall–Kier alpha value is -4.89. The van der Waals surface area contributed by atoms with Gasteiger partial charge in [0, 0.05) is 17.5 Å². The van der Waals surface area contributed by atoms with Crippen LogP contribution in [-0.2, 0) is 19.0 Å². The maximum atomic E-state index is 14.0. The molecule has 0 bridgehead atoms. The Labute approximate surface area is 272 Å². The van der Waals surface area contributed by atoms with Gasteiger partial charge in [0.15, 0.2) is 12.1 Å². The van der Waals surface area contributed by atoms with E-state index in [9.17, 15) is 4.39 Å². The molecule has 5 atom stereocenters. The normalized spacial score (nSPS) is 22.3. The van der Waals surface area contributed by atoms with Gasteiger partial charge in [-0.1, -0.05) is 47.7 Å². The molecular formula is C33H30FN7O5S. The molecule has 2 saturated heterocycles. The zero-order valence-corrected chi connectivity index (χ0v) is 26.2. The van der Waals surface area contributed by atoms with Gasteiger partial charge in [0.05, 0.1) is 39.8 Å². The molecule has 2 aliphatic rings. The molecule has 12 nitrogen and oxygen atoms in total. The second-order valence-corrected chi connectivity index (χ2v) is 12.4. The second-order valence-electron chi connectivity index (χ2n) is 11.2. The van der Waals surface area contributed by atoms with E-state index in [-0.39, 0.29) is 24.4 Å². The second kappa shape index (κ2) is 13.1. The Bertz CT molecular complexity index is 2020. The zero-order valence-electron chi connectivity index (χ0n) is 25.4. The number of hydrogen-bond donors (Lipinski definition) is 1. The first-order valence-electron chi connectivity index (χ1n) is 14.9. The van der Waals surface area contributed by atoms with Crippen molar-refractivity contribution < 1.29 is 28.5 Å². The summed E-state index contributed by atoms with van der Waals surface area (Å²) in [5, 5.41) is 21.5. The average Bonchev–Trinajstić information content (AvgIpc) is 3.82. The van der Waals surface area contributed by atoms with Gasteiger partial charge < -0.3 is 19.3 Å². The summed E-state index contributed by atoms with van der Waals surface area (Å²) in [5.41, 5.74) is 3.98. The Morgan fingerprint density at radius 2 is 1.85 bits per heavy atom. The first-order chi connectivity index (χ1) is 22.9. The highest BCUT2D eigenvalue weighted by Crippen LogP contribution is 2.44. The average molecular weight is 656 g/mol. The highest BCUT2D eigenvalue weighted by Gasteiger charge is 2.47. The molecule has 0 amide bonds. The Balaban J connectivity index is 0.00000113. The first kappa shape index (κ1) is 30.7. The quantitative estimate of drug-likeness (QED) is 0.228. The molecule has 3 aromatic heterocycles.